The minimum Gasteiger partial charge on any atom is -0.348 e. The fourth-order valence-corrected chi connectivity index (χ4v) is 1.55. The van der Waals surface area contributed by atoms with Crippen LogP contribution in [0.1, 0.15) is 11.6 Å². The zero-order chi connectivity index (χ0) is 10.5. The van der Waals surface area contributed by atoms with Crippen molar-refractivity contribution in [1.82, 2.24) is 10.6 Å². The van der Waals surface area contributed by atoms with E-state index in [-0.39, 0.29) is 30.0 Å². The van der Waals surface area contributed by atoms with Gasteiger partial charge in [0.2, 0.25) is 0 Å². The number of nitrogens with one attached hydrogen (secondary N) is 2. The number of guanidine groups is 1. The molecular formula is C12H14IN3. The molecule has 1 aliphatic heterocycles. The van der Waals surface area contributed by atoms with E-state index in [2.05, 4.69) is 33.7 Å². The first-order valence-electron chi connectivity index (χ1n) is 4.93. The largest absolute Gasteiger partial charge is 0.348 e. The van der Waals surface area contributed by atoms with Crippen LogP contribution in [0.4, 0.5) is 0 Å². The molecule has 4 heteroatoms. The number of aliphatic imine (C=N–C) groups is 1. The highest BCUT2D eigenvalue weighted by Crippen LogP contribution is 2.15. The molecule has 0 saturated heterocycles. The van der Waals surface area contributed by atoms with Crippen molar-refractivity contribution in [3.05, 3.63) is 35.9 Å². The summed E-state index contributed by atoms with van der Waals surface area (Å²) in [4.78, 5) is 4.33. The highest BCUT2D eigenvalue weighted by molar-refractivity contribution is 14.0. The van der Waals surface area contributed by atoms with E-state index in [0.717, 1.165) is 12.5 Å². The number of terminal acetylenes is 1. The Kier molecular flexibility index (Phi) is 5.12. The Balaban J connectivity index is 0.00000128. The summed E-state index contributed by atoms with van der Waals surface area (Å²) in [5.41, 5.74) is 1.25. The maximum absolute atomic E-state index is 5.16. The second-order valence-electron chi connectivity index (χ2n) is 3.35. The molecule has 0 radical (unpaired) electrons. The topological polar surface area (TPSA) is 36.4 Å². The molecule has 0 amide bonds. The summed E-state index contributed by atoms with van der Waals surface area (Å²) in [6, 6.07) is 10.5. The smallest absolute Gasteiger partial charge is 0.192 e. The zero-order valence-electron chi connectivity index (χ0n) is 8.81. The second-order valence-corrected chi connectivity index (χ2v) is 3.35. The van der Waals surface area contributed by atoms with Crippen molar-refractivity contribution in [1.29, 1.82) is 0 Å². The number of benzene rings is 1. The van der Waals surface area contributed by atoms with Crippen molar-refractivity contribution >= 4 is 29.9 Å². The van der Waals surface area contributed by atoms with Crippen LogP contribution in [0.15, 0.2) is 35.3 Å². The lowest BCUT2D eigenvalue weighted by atomic mass is 10.1. The van der Waals surface area contributed by atoms with Crippen LogP contribution in [0.2, 0.25) is 0 Å². The van der Waals surface area contributed by atoms with Crippen LogP contribution in [-0.2, 0) is 0 Å². The van der Waals surface area contributed by atoms with E-state index in [4.69, 9.17) is 6.42 Å². The van der Waals surface area contributed by atoms with Crippen LogP contribution in [0.3, 0.4) is 0 Å². The Labute approximate surface area is 113 Å². The first-order chi connectivity index (χ1) is 7.40. The average Bonchev–Trinajstić information content (AvgIpc) is 2.76. The fraction of sp³-hybridized carbons (Fsp3) is 0.250. The SMILES string of the molecule is C#CCNC1=NCC(c2ccccc2)N1.I. The average molecular weight is 327 g/mol. The van der Waals surface area contributed by atoms with E-state index in [9.17, 15) is 0 Å². The molecule has 1 atom stereocenters. The van der Waals surface area contributed by atoms with Crippen molar-refractivity contribution in [3.8, 4) is 12.3 Å². The number of hydrogen-bond acceptors (Lipinski definition) is 3. The van der Waals surface area contributed by atoms with Gasteiger partial charge in [0, 0.05) is 0 Å². The Morgan fingerprint density at radius 2 is 2.19 bits per heavy atom. The summed E-state index contributed by atoms with van der Waals surface area (Å²) in [7, 11) is 0. The van der Waals surface area contributed by atoms with Crippen molar-refractivity contribution in [2.75, 3.05) is 13.1 Å². The minimum atomic E-state index is 0. The van der Waals surface area contributed by atoms with Gasteiger partial charge in [-0.25, -0.2) is 0 Å². The molecule has 0 aromatic heterocycles. The molecule has 84 valence electrons. The number of rotatable bonds is 2. The standard InChI is InChI=1S/C12H13N3.HI/c1-2-8-13-12-14-9-11(15-12)10-6-4-3-5-7-10;/h1,3-7,11H,8-9H2,(H2,13,14,15);1H. The Bertz CT molecular complexity index is 394. The van der Waals surface area contributed by atoms with Gasteiger partial charge in [-0.15, -0.1) is 30.4 Å². The summed E-state index contributed by atoms with van der Waals surface area (Å²) < 4.78 is 0. The summed E-state index contributed by atoms with van der Waals surface area (Å²) in [5, 5.41) is 6.32. The van der Waals surface area contributed by atoms with Crippen LogP contribution in [0.25, 0.3) is 0 Å². The molecule has 1 unspecified atom stereocenters. The van der Waals surface area contributed by atoms with Gasteiger partial charge < -0.3 is 10.6 Å². The molecule has 1 aliphatic rings. The monoisotopic (exact) mass is 327 g/mol. The van der Waals surface area contributed by atoms with E-state index >= 15 is 0 Å². The highest BCUT2D eigenvalue weighted by atomic mass is 127. The van der Waals surface area contributed by atoms with Crippen LogP contribution in [0, 0.1) is 12.3 Å². The quantitative estimate of drug-likeness (QED) is 0.638. The van der Waals surface area contributed by atoms with Crippen LogP contribution in [-0.4, -0.2) is 19.0 Å². The van der Waals surface area contributed by atoms with Gasteiger partial charge in [-0.05, 0) is 5.56 Å². The molecule has 3 nitrogen and oxygen atoms in total. The third-order valence-electron chi connectivity index (χ3n) is 2.30. The zero-order valence-corrected chi connectivity index (χ0v) is 11.1. The second kappa shape index (κ2) is 6.38. The molecule has 0 fully saturated rings. The van der Waals surface area contributed by atoms with Gasteiger partial charge in [-0.2, -0.15) is 0 Å². The molecule has 0 spiro atoms. The van der Waals surface area contributed by atoms with Gasteiger partial charge in [-0.3, -0.25) is 4.99 Å². The molecule has 1 aromatic carbocycles. The maximum atomic E-state index is 5.16. The Morgan fingerprint density at radius 1 is 1.44 bits per heavy atom. The van der Waals surface area contributed by atoms with Crippen LogP contribution >= 0.6 is 24.0 Å². The summed E-state index contributed by atoms with van der Waals surface area (Å²) in [6.07, 6.45) is 5.16. The number of nitrogens with zero attached hydrogens (tertiary/aromatic N) is 1. The Hall–Kier alpha value is -1.22. The maximum Gasteiger partial charge on any atom is 0.192 e. The predicted molar refractivity (Wildman–Crippen MR) is 76.9 cm³/mol. The molecular weight excluding hydrogens is 313 g/mol. The van der Waals surface area contributed by atoms with E-state index in [0.29, 0.717) is 6.54 Å². The summed E-state index contributed by atoms with van der Waals surface area (Å²) in [5.74, 6) is 3.31. The van der Waals surface area contributed by atoms with Gasteiger partial charge in [-0.1, -0.05) is 36.3 Å². The lowest BCUT2D eigenvalue weighted by molar-refractivity contribution is 0.702. The lowest BCUT2D eigenvalue weighted by Gasteiger charge is -2.11. The summed E-state index contributed by atoms with van der Waals surface area (Å²) >= 11 is 0. The van der Waals surface area contributed by atoms with Gasteiger partial charge in [0.1, 0.15) is 0 Å². The van der Waals surface area contributed by atoms with E-state index < -0.39 is 0 Å². The minimum absolute atomic E-state index is 0. The molecule has 2 N–H and O–H groups in total. The Morgan fingerprint density at radius 3 is 2.88 bits per heavy atom. The van der Waals surface area contributed by atoms with Crippen molar-refractivity contribution in [3.63, 3.8) is 0 Å². The van der Waals surface area contributed by atoms with E-state index in [1.54, 1.807) is 0 Å². The van der Waals surface area contributed by atoms with Gasteiger partial charge in [0.15, 0.2) is 5.96 Å². The molecule has 0 saturated carbocycles. The predicted octanol–water partition coefficient (Wildman–Crippen LogP) is 1.53. The third kappa shape index (κ3) is 3.14. The molecule has 1 aromatic rings. The summed E-state index contributed by atoms with van der Waals surface area (Å²) in [6.45, 7) is 1.27. The first-order valence-corrected chi connectivity index (χ1v) is 4.93. The van der Waals surface area contributed by atoms with Crippen LogP contribution < -0.4 is 10.6 Å². The number of halogens is 1. The van der Waals surface area contributed by atoms with Crippen LogP contribution in [0.5, 0.6) is 0 Å². The van der Waals surface area contributed by atoms with Crippen molar-refractivity contribution < 1.29 is 0 Å². The first kappa shape index (κ1) is 12.8. The van der Waals surface area contributed by atoms with E-state index in [1.807, 2.05) is 18.2 Å². The van der Waals surface area contributed by atoms with Gasteiger partial charge >= 0.3 is 0 Å². The normalized spacial score (nSPS) is 17.7. The number of hydrogen-bond donors (Lipinski definition) is 2. The molecule has 0 bridgehead atoms. The molecule has 0 aliphatic carbocycles. The highest BCUT2D eigenvalue weighted by Gasteiger charge is 2.17. The molecule has 2 rings (SSSR count). The molecule has 16 heavy (non-hydrogen) atoms. The molecule has 1 heterocycles. The third-order valence-corrected chi connectivity index (χ3v) is 2.30. The lowest BCUT2D eigenvalue weighted by Crippen LogP contribution is -2.35. The van der Waals surface area contributed by atoms with Gasteiger partial charge in [0.25, 0.3) is 0 Å². The van der Waals surface area contributed by atoms with E-state index in [1.165, 1.54) is 5.56 Å². The van der Waals surface area contributed by atoms with Gasteiger partial charge in [0.05, 0.1) is 19.1 Å². The van der Waals surface area contributed by atoms with Crippen molar-refractivity contribution in [2.24, 2.45) is 4.99 Å². The van der Waals surface area contributed by atoms with Crippen molar-refractivity contribution in [2.45, 2.75) is 6.04 Å². The fourth-order valence-electron chi connectivity index (χ4n) is 1.55.